The first-order chi connectivity index (χ1) is 16.4. The van der Waals surface area contributed by atoms with Crippen LogP contribution in [0.3, 0.4) is 0 Å². The molecule has 190 valence electrons. The molecule has 0 radical (unpaired) electrons. The van der Waals surface area contributed by atoms with Gasteiger partial charge in [-0.25, -0.2) is 18.7 Å². The normalized spacial score (nSPS) is 19.1. The molecule has 6 nitrogen and oxygen atoms in total. The van der Waals surface area contributed by atoms with Crippen molar-refractivity contribution in [3.63, 3.8) is 0 Å². The molecule has 1 saturated carbocycles. The van der Waals surface area contributed by atoms with Gasteiger partial charge in [-0.05, 0) is 57.2 Å². The van der Waals surface area contributed by atoms with Crippen LogP contribution >= 0.6 is 11.3 Å². The number of thiophene rings is 1. The van der Waals surface area contributed by atoms with Gasteiger partial charge in [-0.15, -0.1) is 11.3 Å². The number of nitrogens with zero attached hydrogens (tertiary/aromatic N) is 2. The number of aromatic nitrogens is 2. The fraction of sp³-hybridized carbons (Fsp3) is 0.538. The van der Waals surface area contributed by atoms with E-state index in [2.05, 4.69) is 20.6 Å². The molecule has 1 amide bonds. The molecule has 1 aliphatic rings. The number of ketones is 1. The number of fused-ring (bicyclic) bond motifs is 1. The van der Waals surface area contributed by atoms with Crippen molar-refractivity contribution < 1.29 is 18.4 Å². The van der Waals surface area contributed by atoms with Crippen LogP contribution in [0.2, 0.25) is 0 Å². The molecule has 2 aromatic heterocycles. The first-order valence-corrected chi connectivity index (χ1v) is 12.8. The molecule has 9 heteroatoms. The Balaban J connectivity index is 1.86. The molecule has 3 rings (SSSR count). The molecular weight excluding hydrogens is 470 g/mol. The molecule has 2 heterocycles. The number of allylic oxidation sites excluding steroid dienone is 3. The van der Waals surface area contributed by atoms with Crippen LogP contribution in [0.25, 0.3) is 10.2 Å². The van der Waals surface area contributed by atoms with Crippen LogP contribution in [-0.4, -0.2) is 33.1 Å². The van der Waals surface area contributed by atoms with Gasteiger partial charge in [0, 0.05) is 35.8 Å². The molecule has 2 aromatic rings. The Kier molecular flexibility index (Phi) is 8.09. The number of carbonyl (C=O) groups excluding carboxylic acids is 2. The van der Waals surface area contributed by atoms with E-state index in [-0.39, 0.29) is 43.3 Å². The summed E-state index contributed by atoms with van der Waals surface area (Å²) >= 11 is 1.54. The van der Waals surface area contributed by atoms with Gasteiger partial charge >= 0.3 is 0 Å². The summed E-state index contributed by atoms with van der Waals surface area (Å²) in [6, 6.07) is 1.96. The average Bonchev–Trinajstić information content (AvgIpc) is 3.20. The van der Waals surface area contributed by atoms with Gasteiger partial charge in [0.25, 0.3) is 0 Å². The summed E-state index contributed by atoms with van der Waals surface area (Å²) in [5.41, 5.74) is 0.675. The summed E-state index contributed by atoms with van der Waals surface area (Å²) in [5.74, 6) is -2.60. The summed E-state index contributed by atoms with van der Waals surface area (Å²) in [6.07, 6.45) is 3.89. The maximum atomic E-state index is 13.9. The van der Waals surface area contributed by atoms with Gasteiger partial charge in [0.2, 0.25) is 11.8 Å². The highest BCUT2D eigenvalue weighted by Gasteiger charge is 2.46. The Bertz CT molecular complexity index is 1180. The molecule has 1 aliphatic carbocycles. The zero-order chi connectivity index (χ0) is 26.0. The Hall–Kier alpha value is -2.68. The van der Waals surface area contributed by atoms with Gasteiger partial charge in [-0.2, -0.15) is 0 Å². The number of carbonyl (C=O) groups is 2. The van der Waals surface area contributed by atoms with E-state index in [0.717, 1.165) is 21.5 Å². The van der Waals surface area contributed by atoms with E-state index < -0.39 is 11.5 Å². The molecule has 1 fully saturated rings. The fourth-order valence-electron chi connectivity index (χ4n) is 4.45. The summed E-state index contributed by atoms with van der Waals surface area (Å²) < 4.78 is 27.7. The highest BCUT2D eigenvalue weighted by Crippen LogP contribution is 2.43. The van der Waals surface area contributed by atoms with Crippen molar-refractivity contribution in [3.05, 3.63) is 40.2 Å². The first-order valence-electron chi connectivity index (χ1n) is 12.0. The largest absolute Gasteiger partial charge is 0.347 e. The van der Waals surface area contributed by atoms with E-state index in [0.29, 0.717) is 22.7 Å². The predicted octanol–water partition coefficient (Wildman–Crippen LogP) is 6.33. The van der Waals surface area contributed by atoms with E-state index in [4.69, 9.17) is 0 Å². The lowest BCUT2D eigenvalue weighted by Gasteiger charge is -2.45. The van der Waals surface area contributed by atoms with Gasteiger partial charge in [-0.3, -0.25) is 9.59 Å². The lowest BCUT2D eigenvalue weighted by Crippen LogP contribution is -2.56. The third kappa shape index (κ3) is 6.12. The van der Waals surface area contributed by atoms with Crippen molar-refractivity contribution in [3.8, 4) is 0 Å². The smallest absolute Gasteiger partial charge is 0.248 e. The SMILES string of the molecule is CCC(C)C1(NC(=O)/C(C)=C(C)/C=C(/Nc2ncnc3sc(C)cc23)C(C)=O)CCC(F)(F)CC1. The summed E-state index contributed by atoms with van der Waals surface area (Å²) in [7, 11) is 0. The predicted molar refractivity (Wildman–Crippen MR) is 137 cm³/mol. The van der Waals surface area contributed by atoms with E-state index in [9.17, 15) is 18.4 Å². The number of hydrogen-bond donors (Lipinski definition) is 2. The van der Waals surface area contributed by atoms with Crippen molar-refractivity contribution >= 4 is 39.1 Å². The number of halogens is 2. The molecule has 0 spiro atoms. The van der Waals surface area contributed by atoms with E-state index in [1.165, 1.54) is 24.6 Å². The number of rotatable bonds is 8. The summed E-state index contributed by atoms with van der Waals surface area (Å²) in [4.78, 5) is 36.1. The van der Waals surface area contributed by atoms with Crippen LogP contribution < -0.4 is 10.6 Å². The Morgan fingerprint density at radius 3 is 2.43 bits per heavy atom. The Morgan fingerprint density at radius 2 is 1.83 bits per heavy atom. The Labute approximate surface area is 209 Å². The van der Waals surface area contributed by atoms with Crippen molar-refractivity contribution in [2.24, 2.45) is 5.92 Å². The zero-order valence-corrected chi connectivity index (χ0v) is 22.0. The van der Waals surface area contributed by atoms with Gasteiger partial charge in [0.15, 0.2) is 5.78 Å². The molecule has 0 aliphatic heterocycles. The maximum Gasteiger partial charge on any atom is 0.248 e. The van der Waals surface area contributed by atoms with E-state index >= 15 is 0 Å². The number of alkyl halides is 2. The van der Waals surface area contributed by atoms with Gasteiger partial charge in [0.05, 0.1) is 11.1 Å². The highest BCUT2D eigenvalue weighted by molar-refractivity contribution is 7.18. The molecule has 1 unspecified atom stereocenters. The number of anilines is 1. The van der Waals surface area contributed by atoms with E-state index in [1.54, 1.807) is 19.9 Å². The summed E-state index contributed by atoms with van der Waals surface area (Å²) in [6.45, 7) is 10.9. The monoisotopic (exact) mass is 504 g/mol. The fourth-order valence-corrected chi connectivity index (χ4v) is 5.29. The lowest BCUT2D eigenvalue weighted by atomic mass is 9.71. The average molecular weight is 505 g/mol. The number of hydrogen-bond acceptors (Lipinski definition) is 6. The third-order valence-electron chi connectivity index (χ3n) is 7.17. The van der Waals surface area contributed by atoms with Crippen molar-refractivity contribution in [1.82, 2.24) is 15.3 Å². The van der Waals surface area contributed by atoms with Crippen LogP contribution in [-0.2, 0) is 9.59 Å². The minimum atomic E-state index is -2.68. The van der Waals surface area contributed by atoms with E-state index in [1.807, 2.05) is 26.8 Å². The van der Waals surface area contributed by atoms with Gasteiger partial charge in [0.1, 0.15) is 17.0 Å². The van der Waals surface area contributed by atoms with Crippen LogP contribution in [0.4, 0.5) is 14.6 Å². The minimum absolute atomic E-state index is 0.0647. The van der Waals surface area contributed by atoms with Crippen molar-refractivity contribution in [1.29, 1.82) is 0 Å². The minimum Gasteiger partial charge on any atom is -0.347 e. The number of nitrogens with one attached hydrogen (secondary N) is 2. The molecule has 2 N–H and O–H groups in total. The highest BCUT2D eigenvalue weighted by atomic mass is 32.1. The van der Waals surface area contributed by atoms with Crippen molar-refractivity contribution in [2.45, 2.75) is 85.1 Å². The number of Topliss-reactive ketones (excluding diaryl/α,β-unsaturated/α-hetero) is 1. The zero-order valence-electron chi connectivity index (χ0n) is 21.2. The Morgan fingerprint density at radius 1 is 1.17 bits per heavy atom. The second-order valence-corrected chi connectivity index (χ2v) is 10.9. The second-order valence-electron chi connectivity index (χ2n) is 9.62. The van der Waals surface area contributed by atoms with Crippen LogP contribution in [0.15, 0.2) is 35.3 Å². The third-order valence-corrected chi connectivity index (χ3v) is 8.13. The quantitative estimate of drug-likeness (QED) is 0.324. The molecule has 0 bridgehead atoms. The van der Waals surface area contributed by atoms with Crippen LogP contribution in [0, 0.1) is 12.8 Å². The molecule has 0 saturated heterocycles. The van der Waals surface area contributed by atoms with Crippen LogP contribution in [0.1, 0.15) is 71.6 Å². The summed E-state index contributed by atoms with van der Waals surface area (Å²) in [5, 5.41) is 7.02. The standard InChI is InChI=1S/C26H34F2N4O2S/c1-7-16(3)25(8-10-26(27,28)11-9-25)32-23(34)18(5)15(2)12-21(19(6)33)31-22-20-13-17(4)35-24(20)30-14-29-22/h12-14,16H,7-11H2,1-6H3,(H,32,34)(H,29,30,31)/b18-15+,21-12+. The second kappa shape index (κ2) is 10.5. The van der Waals surface area contributed by atoms with Gasteiger partial charge in [-0.1, -0.05) is 20.3 Å². The molecule has 1 atom stereocenters. The van der Waals surface area contributed by atoms with Gasteiger partial charge < -0.3 is 10.6 Å². The number of aryl methyl sites for hydroxylation is 1. The van der Waals surface area contributed by atoms with Crippen LogP contribution in [0.5, 0.6) is 0 Å². The molecule has 0 aromatic carbocycles. The lowest BCUT2D eigenvalue weighted by molar-refractivity contribution is -0.123. The topological polar surface area (TPSA) is 84.0 Å². The molecule has 35 heavy (non-hydrogen) atoms. The van der Waals surface area contributed by atoms with Crippen molar-refractivity contribution in [2.75, 3.05) is 5.32 Å². The maximum absolute atomic E-state index is 13.9. The number of amides is 1. The molecular formula is C26H34F2N4O2S. The first kappa shape index (κ1) is 26.9.